The van der Waals surface area contributed by atoms with Crippen molar-refractivity contribution in [1.29, 1.82) is 0 Å². The van der Waals surface area contributed by atoms with E-state index in [-0.39, 0.29) is 0 Å². The lowest BCUT2D eigenvalue weighted by Gasteiger charge is -2.26. The SMILES string of the molecule is CCC(C)C1=CC=C(N(c2ccc(Br)cc2)c2ccc(Br)cc2)C=CC1. The number of allylic oxidation sites excluding steroid dienone is 5. The van der Waals surface area contributed by atoms with Gasteiger partial charge in [0.1, 0.15) is 0 Å². The van der Waals surface area contributed by atoms with Crippen LogP contribution in [0.3, 0.4) is 0 Å². The summed E-state index contributed by atoms with van der Waals surface area (Å²) in [4.78, 5) is 2.30. The number of rotatable bonds is 5. The summed E-state index contributed by atoms with van der Waals surface area (Å²) in [6.07, 6.45) is 11.2. The van der Waals surface area contributed by atoms with Gasteiger partial charge in [0.15, 0.2) is 0 Å². The Kier molecular flexibility index (Phi) is 6.55. The van der Waals surface area contributed by atoms with Crippen molar-refractivity contribution in [3.63, 3.8) is 0 Å². The summed E-state index contributed by atoms with van der Waals surface area (Å²) < 4.78 is 2.17. The molecule has 0 spiro atoms. The fourth-order valence-corrected chi connectivity index (χ4v) is 3.56. The molecule has 0 N–H and O–H groups in total. The summed E-state index contributed by atoms with van der Waals surface area (Å²) in [5.41, 5.74) is 4.96. The number of nitrogens with zero attached hydrogens (tertiary/aromatic N) is 1. The van der Waals surface area contributed by atoms with Gasteiger partial charge >= 0.3 is 0 Å². The van der Waals surface area contributed by atoms with Gasteiger partial charge in [-0.3, -0.25) is 0 Å². The van der Waals surface area contributed by atoms with Gasteiger partial charge < -0.3 is 4.90 Å². The highest BCUT2D eigenvalue weighted by atomic mass is 79.9. The summed E-state index contributed by atoms with van der Waals surface area (Å²) >= 11 is 7.08. The van der Waals surface area contributed by atoms with Crippen molar-refractivity contribution < 1.29 is 0 Å². The lowest BCUT2D eigenvalue weighted by atomic mass is 9.96. The average Bonchev–Trinajstić information content (AvgIpc) is 2.90. The smallest absolute Gasteiger partial charge is 0.0462 e. The second-order valence-corrected chi connectivity index (χ2v) is 8.37. The maximum atomic E-state index is 3.54. The topological polar surface area (TPSA) is 3.24 Å². The first kappa shape index (κ1) is 19.2. The number of hydrogen-bond acceptors (Lipinski definition) is 1. The summed E-state index contributed by atoms with van der Waals surface area (Å²) in [5, 5.41) is 0. The Morgan fingerprint density at radius 2 is 1.42 bits per heavy atom. The number of hydrogen-bond donors (Lipinski definition) is 0. The molecule has 0 heterocycles. The molecule has 0 aliphatic heterocycles. The first-order chi connectivity index (χ1) is 12.6. The van der Waals surface area contributed by atoms with Crippen LogP contribution in [-0.2, 0) is 0 Å². The molecule has 1 aliphatic rings. The fourth-order valence-electron chi connectivity index (χ4n) is 3.04. The monoisotopic (exact) mass is 471 g/mol. The molecular formula is C23H23Br2N. The zero-order valence-corrected chi connectivity index (χ0v) is 18.3. The van der Waals surface area contributed by atoms with Crippen LogP contribution in [0.4, 0.5) is 11.4 Å². The van der Waals surface area contributed by atoms with E-state index in [9.17, 15) is 0 Å². The molecule has 0 aromatic heterocycles. The Morgan fingerprint density at radius 1 is 0.885 bits per heavy atom. The first-order valence-corrected chi connectivity index (χ1v) is 10.6. The van der Waals surface area contributed by atoms with Gasteiger partial charge in [0.05, 0.1) is 0 Å². The Hall–Kier alpha value is -1.58. The molecule has 1 unspecified atom stereocenters. The summed E-state index contributed by atoms with van der Waals surface area (Å²) in [6, 6.07) is 16.9. The van der Waals surface area contributed by atoms with Crippen LogP contribution in [0.15, 0.2) is 93.1 Å². The molecule has 1 atom stereocenters. The van der Waals surface area contributed by atoms with Crippen LogP contribution in [0.1, 0.15) is 26.7 Å². The number of benzene rings is 2. The average molecular weight is 473 g/mol. The first-order valence-electron chi connectivity index (χ1n) is 8.97. The predicted octanol–water partition coefficient (Wildman–Crippen LogP) is 8.17. The third-order valence-corrected chi connectivity index (χ3v) is 5.84. The molecule has 0 fully saturated rings. The molecule has 1 nitrogen and oxygen atoms in total. The van der Waals surface area contributed by atoms with E-state index in [4.69, 9.17) is 0 Å². The van der Waals surface area contributed by atoms with Gasteiger partial charge in [0.2, 0.25) is 0 Å². The van der Waals surface area contributed by atoms with Gasteiger partial charge in [-0.15, -0.1) is 0 Å². The van der Waals surface area contributed by atoms with E-state index in [0.29, 0.717) is 5.92 Å². The molecule has 0 bridgehead atoms. The zero-order valence-electron chi connectivity index (χ0n) is 15.1. The largest absolute Gasteiger partial charge is 0.311 e. The van der Waals surface area contributed by atoms with E-state index in [1.165, 1.54) is 17.7 Å². The molecule has 0 amide bonds. The van der Waals surface area contributed by atoms with Crippen molar-refractivity contribution >= 4 is 43.2 Å². The molecule has 3 rings (SSSR count). The Labute approximate surface area is 173 Å². The van der Waals surface area contributed by atoms with E-state index in [0.717, 1.165) is 26.7 Å². The molecule has 0 saturated heterocycles. The predicted molar refractivity (Wildman–Crippen MR) is 120 cm³/mol. The molecular weight excluding hydrogens is 450 g/mol. The molecule has 2 aromatic rings. The van der Waals surface area contributed by atoms with Crippen molar-refractivity contribution in [3.05, 3.63) is 93.1 Å². The van der Waals surface area contributed by atoms with Crippen LogP contribution in [0, 0.1) is 5.92 Å². The minimum absolute atomic E-state index is 0.615. The lowest BCUT2D eigenvalue weighted by molar-refractivity contribution is 0.642. The van der Waals surface area contributed by atoms with Crippen LogP contribution in [0.2, 0.25) is 0 Å². The summed E-state index contributed by atoms with van der Waals surface area (Å²) in [6.45, 7) is 4.56. The number of halogens is 2. The van der Waals surface area contributed by atoms with Gasteiger partial charge in [-0.1, -0.05) is 63.4 Å². The van der Waals surface area contributed by atoms with Crippen LogP contribution in [0.5, 0.6) is 0 Å². The van der Waals surface area contributed by atoms with E-state index < -0.39 is 0 Å². The van der Waals surface area contributed by atoms with E-state index in [1.807, 2.05) is 0 Å². The van der Waals surface area contributed by atoms with Crippen LogP contribution in [-0.4, -0.2) is 0 Å². The quantitative estimate of drug-likeness (QED) is 0.424. The highest BCUT2D eigenvalue weighted by molar-refractivity contribution is 9.10. The Balaban J connectivity index is 2.05. The summed E-state index contributed by atoms with van der Waals surface area (Å²) in [5.74, 6) is 0.615. The second-order valence-electron chi connectivity index (χ2n) is 6.54. The molecule has 3 heteroatoms. The van der Waals surface area contributed by atoms with Crippen LogP contribution in [0.25, 0.3) is 0 Å². The fraction of sp³-hybridized carbons (Fsp3) is 0.217. The van der Waals surface area contributed by atoms with E-state index >= 15 is 0 Å². The highest BCUT2D eigenvalue weighted by Gasteiger charge is 2.15. The highest BCUT2D eigenvalue weighted by Crippen LogP contribution is 2.33. The lowest BCUT2D eigenvalue weighted by Crippen LogP contribution is -2.14. The van der Waals surface area contributed by atoms with Gasteiger partial charge in [0.25, 0.3) is 0 Å². The third kappa shape index (κ3) is 4.57. The molecule has 0 radical (unpaired) electrons. The standard InChI is InChI=1S/C23H23Br2N/c1-3-17(2)18-5-4-6-21(12-7-18)26(22-13-8-19(24)9-14-22)23-15-10-20(25)11-16-23/h4,6-17H,3,5H2,1-2H3. The maximum absolute atomic E-state index is 3.54. The van der Waals surface area contributed by atoms with Crippen LogP contribution < -0.4 is 4.90 Å². The minimum atomic E-state index is 0.615. The van der Waals surface area contributed by atoms with Crippen LogP contribution >= 0.6 is 31.9 Å². The number of anilines is 2. The molecule has 1 aliphatic carbocycles. The van der Waals surface area contributed by atoms with Crippen molar-refractivity contribution in [2.75, 3.05) is 4.90 Å². The summed E-state index contributed by atoms with van der Waals surface area (Å²) in [7, 11) is 0. The zero-order chi connectivity index (χ0) is 18.5. The Bertz CT molecular complexity index is 784. The van der Waals surface area contributed by atoms with Crippen molar-refractivity contribution in [3.8, 4) is 0 Å². The minimum Gasteiger partial charge on any atom is -0.311 e. The van der Waals surface area contributed by atoms with Gasteiger partial charge in [-0.05, 0) is 79.4 Å². The van der Waals surface area contributed by atoms with E-state index in [1.54, 1.807) is 0 Å². The molecule has 0 saturated carbocycles. The van der Waals surface area contributed by atoms with Gasteiger partial charge in [-0.2, -0.15) is 0 Å². The second kappa shape index (κ2) is 8.88. The normalized spacial score (nSPS) is 15.1. The Morgan fingerprint density at radius 3 is 1.92 bits per heavy atom. The maximum Gasteiger partial charge on any atom is 0.0462 e. The van der Waals surface area contributed by atoms with Crippen molar-refractivity contribution in [1.82, 2.24) is 0 Å². The van der Waals surface area contributed by atoms with Crippen molar-refractivity contribution in [2.24, 2.45) is 5.92 Å². The van der Waals surface area contributed by atoms with Gasteiger partial charge in [-0.25, -0.2) is 0 Å². The molecule has 134 valence electrons. The molecule has 26 heavy (non-hydrogen) atoms. The van der Waals surface area contributed by atoms with Gasteiger partial charge in [0, 0.05) is 26.0 Å². The third-order valence-electron chi connectivity index (χ3n) is 4.78. The van der Waals surface area contributed by atoms with Crippen molar-refractivity contribution in [2.45, 2.75) is 26.7 Å². The molecule has 2 aromatic carbocycles. The van der Waals surface area contributed by atoms with E-state index in [2.05, 4.69) is 123 Å².